The number of piperidine rings is 1. The second-order valence-corrected chi connectivity index (χ2v) is 6.03. The number of likely N-dealkylation sites (tertiary alicyclic amines) is 1. The molecule has 1 saturated carbocycles. The van der Waals surface area contributed by atoms with Crippen molar-refractivity contribution in [2.75, 3.05) is 19.6 Å². The molecule has 98 valence electrons. The highest BCUT2D eigenvalue weighted by molar-refractivity contribution is 5.66. The quantitative estimate of drug-likeness (QED) is 0.801. The van der Waals surface area contributed by atoms with E-state index in [2.05, 4.69) is 11.8 Å². The molecule has 1 N–H and O–H groups in total. The zero-order chi connectivity index (χ0) is 12.3. The number of carbonyl (C=O) groups is 1. The fraction of sp³-hybridized carbons (Fsp3) is 0.929. The van der Waals surface area contributed by atoms with Crippen LogP contribution in [0.3, 0.4) is 0 Å². The van der Waals surface area contributed by atoms with Gasteiger partial charge in [-0.2, -0.15) is 0 Å². The molecule has 2 rings (SSSR count). The first-order valence-electron chi connectivity index (χ1n) is 7.09. The van der Waals surface area contributed by atoms with E-state index in [0.29, 0.717) is 18.3 Å². The van der Waals surface area contributed by atoms with Crippen molar-refractivity contribution in [1.29, 1.82) is 0 Å². The standard InChI is InChI=1S/C14H25NO2/c1-11(8-14(16)17)13-6-3-7-15(10-13)9-12-4-2-5-12/h11-13H,2-10H2,1H3,(H,16,17). The van der Waals surface area contributed by atoms with Gasteiger partial charge in [0.15, 0.2) is 0 Å². The molecule has 2 unspecified atom stereocenters. The molecule has 2 atom stereocenters. The van der Waals surface area contributed by atoms with Crippen molar-refractivity contribution in [1.82, 2.24) is 4.90 Å². The molecule has 0 aromatic heterocycles. The lowest BCUT2D eigenvalue weighted by Gasteiger charge is -2.39. The summed E-state index contributed by atoms with van der Waals surface area (Å²) in [5.74, 6) is 1.22. The van der Waals surface area contributed by atoms with Crippen LogP contribution in [0.2, 0.25) is 0 Å². The molecule has 0 aromatic rings. The highest BCUT2D eigenvalue weighted by atomic mass is 16.4. The minimum atomic E-state index is -0.645. The van der Waals surface area contributed by atoms with Crippen LogP contribution in [0.1, 0.15) is 45.4 Å². The Kier molecular flexibility index (Phi) is 4.43. The van der Waals surface area contributed by atoms with E-state index in [9.17, 15) is 4.79 Å². The van der Waals surface area contributed by atoms with Crippen molar-refractivity contribution in [2.45, 2.75) is 45.4 Å². The van der Waals surface area contributed by atoms with Crippen LogP contribution in [-0.4, -0.2) is 35.6 Å². The van der Waals surface area contributed by atoms with Gasteiger partial charge < -0.3 is 10.0 Å². The van der Waals surface area contributed by atoms with Gasteiger partial charge in [-0.15, -0.1) is 0 Å². The van der Waals surface area contributed by atoms with Crippen molar-refractivity contribution in [2.24, 2.45) is 17.8 Å². The highest BCUT2D eigenvalue weighted by Gasteiger charge is 2.28. The summed E-state index contributed by atoms with van der Waals surface area (Å²) in [4.78, 5) is 13.3. The summed E-state index contributed by atoms with van der Waals surface area (Å²) in [5, 5.41) is 8.86. The second-order valence-electron chi connectivity index (χ2n) is 6.03. The van der Waals surface area contributed by atoms with Crippen molar-refractivity contribution in [3.8, 4) is 0 Å². The zero-order valence-electron chi connectivity index (χ0n) is 10.9. The molecule has 0 radical (unpaired) electrons. The largest absolute Gasteiger partial charge is 0.481 e. The summed E-state index contributed by atoms with van der Waals surface area (Å²) in [6, 6.07) is 0. The van der Waals surface area contributed by atoms with E-state index in [1.807, 2.05) is 0 Å². The first-order valence-corrected chi connectivity index (χ1v) is 7.09. The molecule has 0 spiro atoms. The van der Waals surface area contributed by atoms with E-state index >= 15 is 0 Å². The van der Waals surface area contributed by atoms with Crippen LogP contribution in [0.15, 0.2) is 0 Å². The summed E-state index contributed by atoms with van der Waals surface area (Å²) in [6.45, 7) is 5.72. The van der Waals surface area contributed by atoms with Crippen LogP contribution in [0.25, 0.3) is 0 Å². The molecule has 3 nitrogen and oxygen atoms in total. The molecule has 0 amide bonds. The minimum absolute atomic E-state index is 0.330. The van der Waals surface area contributed by atoms with Gasteiger partial charge in [0.05, 0.1) is 0 Å². The van der Waals surface area contributed by atoms with Crippen molar-refractivity contribution in [3.63, 3.8) is 0 Å². The van der Waals surface area contributed by atoms with Gasteiger partial charge >= 0.3 is 5.97 Å². The molecule has 0 bridgehead atoms. The maximum Gasteiger partial charge on any atom is 0.303 e. The van der Waals surface area contributed by atoms with E-state index in [1.54, 1.807) is 0 Å². The summed E-state index contributed by atoms with van der Waals surface area (Å²) in [7, 11) is 0. The normalized spacial score (nSPS) is 28.6. The van der Waals surface area contributed by atoms with E-state index in [4.69, 9.17) is 5.11 Å². The van der Waals surface area contributed by atoms with Gasteiger partial charge in [-0.1, -0.05) is 13.3 Å². The lowest BCUT2D eigenvalue weighted by atomic mass is 9.82. The molecule has 3 heteroatoms. The molecule has 1 aliphatic heterocycles. The number of aliphatic carboxylic acids is 1. The second kappa shape index (κ2) is 5.85. The van der Waals surface area contributed by atoms with Gasteiger partial charge in [-0.3, -0.25) is 4.79 Å². The van der Waals surface area contributed by atoms with Gasteiger partial charge in [0, 0.05) is 19.5 Å². The minimum Gasteiger partial charge on any atom is -0.481 e. The van der Waals surface area contributed by atoms with Crippen molar-refractivity contribution >= 4 is 5.97 Å². The number of carboxylic acid groups (broad SMARTS) is 1. The Labute approximate surface area is 104 Å². The number of rotatable bonds is 5. The Morgan fingerprint density at radius 1 is 1.35 bits per heavy atom. The Balaban J connectivity index is 1.76. The molecule has 2 aliphatic rings. The fourth-order valence-electron chi connectivity index (χ4n) is 3.20. The average molecular weight is 239 g/mol. The van der Waals surface area contributed by atoms with Gasteiger partial charge in [0.2, 0.25) is 0 Å². The van der Waals surface area contributed by atoms with E-state index < -0.39 is 5.97 Å². The van der Waals surface area contributed by atoms with Crippen LogP contribution in [0.5, 0.6) is 0 Å². The summed E-state index contributed by atoms with van der Waals surface area (Å²) < 4.78 is 0. The van der Waals surface area contributed by atoms with Crippen molar-refractivity contribution in [3.05, 3.63) is 0 Å². The maximum atomic E-state index is 10.8. The predicted octanol–water partition coefficient (Wildman–Crippen LogP) is 2.61. The molecular weight excluding hydrogens is 214 g/mol. The highest BCUT2D eigenvalue weighted by Crippen LogP contribution is 2.31. The van der Waals surface area contributed by atoms with Gasteiger partial charge in [0.1, 0.15) is 0 Å². The Morgan fingerprint density at radius 3 is 2.71 bits per heavy atom. The first-order chi connectivity index (χ1) is 8.15. The summed E-state index contributed by atoms with van der Waals surface area (Å²) >= 11 is 0. The smallest absolute Gasteiger partial charge is 0.303 e. The lowest BCUT2D eigenvalue weighted by molar-refractivity contribution is -0.138. The van der Waals surface area contributed by atoms with Crippen LogP contribution in [0, 0.1) is 17.8 Å². The van der Waals surface area contributed by atoms with E-state index in [0.717, 1.165) is 12.5 Å². The SMILES string of the molecule is CC(CC(=O)O)C1CCCN(CC2CCC2)C1. The molecule has 2 fully saturated rings. The molecular formula is C14H25NO2. The number of nitrogens with zero attached hydrogens (tertiary/aromatic N) is 1. The Hall–Kier alpha value is -0.570. The van der Waals surface area contributed by atoms with Crippen molar-refractivity contribution < 1.29 is 9.90 Å². The Bertz CT molecular complexity index is 263. The lowest BCUT2D eigenvalue weighted by Crippen LogP contribution is -2.41. The Morgan fingerprint density at radius 2 is 2.12 bits per heavy atom. The summed E-state index contributed by atoms with van der Waals surface area (Å²) in [5.41, 5.74) is 0. The third-order valence-corrected chi connectivity index (χ3v) is 4.58. The molecule has 1 heterocycles. The topological polar surface area (TPSA) is 40.5 Å². The average Bonchev–Trinajstić information content (AvgIpc) is 2.23. The molecule has 1 aliphatic carbocycles. The van der Waals surface area contributed by atoms with Crippen LogP contribution in [-0.2, 0) is 4.79 Å². The third kappa shape index (κ3) is 3.70. The number of hydrogen-bond acceptors (Lipinski definition) is 2. The van der Waals surface area contributed by atoms with Gasteiger partial charge in [-0.05, 0) is 50.0 Å². The number of carboxylic acids is 1. The van der Waals surface area contributed by atoms with Gasteiger partial charge in [0.25, 0.3) is 0 Å². The predicted molar refractivity (Wildman–Crippen MR) is 67.9 cm³/mol. The zero-order valence-corrected chi connectivity index (χ0v) is 10.9. The van der Waals surface area contributed by atoms with Crippen LogP contribution in [0.4, 0.5) is 0 Å². The molecule has 1 saturated heterocycles. The van der Waals surface area contributed by atoms with Gasteiger partial charge in [-0.25, -0.2) is 0 Å². The fourth-order valence-corrected chi connectivity index (χ4v) is 3.20. The third-order valence-electron chi connectivity index (χ3n) is 4.58. The van der Waals surface area contributed by atoms with E-state index in [-0.39, 0.29) is 0 Å². The molecule has 0 aromatic carbocycles. The molecule has 17 heavy (non-hydrogen) atoms. The van der Waals surface area contributed by atoms with Crippen LogP contribution < -0.4 is 0 Å². The van der Waals surface area contributed by atoms with Crippen LogP contribution >= 0.6 is 0 Å². The summed E-state index contributed by atoms with van der Waals surface area (Å²) in [6.07, 6.45) is 7.04. The first kappa shape index (κ1) is 12.9. The maximum absolute atomic E-state index is 10.8. The number of hydrogen-bond donors (Lipinski definition) is 1. The van der Waals surface area contributed by atoms with E-state index in [1.165, 1.54) is 45.2 Å². The monoisotopic (exact) mass is 239 g/mol.